The first-order valence-electron chi connectivity index (χ1n) is 12.4. The molecule has 2 rings (SSSR count). The van der Waals surface area contributed by atoms with E-state index in [4.69, 9.17) is 4.74 Å². The molecule has 0 radical (unpaired) electrons. The van der Waals surface area contributed by atoms with Crippen molar-refractivity contribution in [1.29, 1.82) is 0 Å². The molecule has 1 aliphatic heterocycles. The van der Waals surface area contributed by atoms with E-state index in [1.165, 1.54) is 20.4 Å². The van der Waals surface area contributed by atoms with E-state index in [9.17, 15) is 9.90 Å². The van der Waals surface area contributed by atoms with E-state index in [1.54, 1.807) is 7.05 Å². The number of β-amino-alcohol motifs (C(OH)–C–C–N with tert-alkyl or cyclic N) is 1. The molecule has 8 heteroatoms. The molecule has 0 saturated carbocycles. The first-order valence-corrected chi connectivity index (χ1v) is 12.4. The van der Waals surface area contributed by atoms with Crippen LogP contribution in [0.25, 0.3) is 0 Å². The number of hydrogen-bond acceptors (Lipinski definition) is 6. The van der Waals surface area contributed by atoms with E-state index in [0.717, 1.165) is 25.7 Å². The van der Waals surface area contributed by atoms with Crippen molar-refractivity contribution >= 4 is 0 Å². The van der Waals surface area contributed by atoms with E-state index in [-0.39, 0.29) is 18.3 Å². The molecule has 1 aliphatic rings. The quantitative estimate of drug-likeness (QED) is 0.464. The first-order chi connectivity index (χ1) is 15.7. The number of ether oxygens (including phenoxy) is 1. The molecular weight excluding hydrogens is 418 g/mol. The van der Waals surface area contributed by atoms with E-state index in [2.05, 4.69) is 55.2 Å². The van der Waals surface area contributed by atoms with E-state index >= 15 is 0 Å². The Morgan fingerprint density at radius 1 is 1.33 bits per heavy atom. The van der Waals surface area contributed by atoms with Gasteiger partial charge >= 0.3 is 5.69 Å². The zero-order chi connectivity index (χ0) is 24.5. The summed E-state index contributed by atoms with van der Waals surface area (Å²) < 4.78 is 9.27. The fraction of sp³-hybridized carbons (Fsp3) is 0.760. The minimum Gasteiger partial charge on any atom is -0.390 e. The molecule has 0 aliphatic carbocycles. The number of likely N-dealkylation sites (tertiary alicyclic amines) is 1. The summed E-state index contributed by atoms with van der Waals surface area (Å²) in [4.78, 5) is 14.8. The van der Waals surface area contributed by atoms with Gasteiger partial charge in [-0.25, -0.2) is 9.48 Å². The van der Waals surface area contributed by atoms with Crippen LogP contribution in [0, 0.1) is 0 Å². The number of hydrogen-bond donors (Lipinski definition) is 2. The van der Waals surface area contributed by atoms with Gasteiger partial charge in [0.25, 0.3) is 0 Å². The Bertz CT molecular complexity index is 857. The van der Waals surface area contributed by atoms with Gasteiger partial charge in [0.15, 0.2) is 0 Å². The zero-order valence-electron chi connectivity index (χ0n) is 21.7. The highest BCUT2D eigenvalue weighted by Gasteiger charge is 2.34. The lowest BCUT2D eigenvalue weighted by Gasteiger charge is -2.44. The summed E-state index contributed by atoms with van der Waals surface area (Å²) in [5.74, 6) is 0.664. The van der Waals surface area contributed by atoms with Crippen molar-refractivity contribution in [2.24, 2.45) is 7.05 Å². The number of nitrogens with one attached hydrogen (secondary N) is 1. The molecule has 4 atom stereocenters. The van der Waals surface area contributed by atoms with Crippen molar-refractivity contribution in [1.82, 2.24) is 24.6 Å². The fourth-order valence-corrected chi connectivity index (χ4v) is 4.69. The Kier molecular flexibility index (Phi) is 11.0. The predicted molar refractivity (Wildman–Crippen MR) is 133 cm³/mol. The monoisotopic (exact) mass is 463 g/mol. The fourth-order valence-electron chi connectivity index (χ4n) is 4.69. The summed E-state index contributed by atoms with van der Waals surface area (Å²) in [7, 11) is 3.53. The van der Waals surface area contributed by atoms with E-state index in [1.807, 2.05) is 14.0 Å². The maximum atomic E-state index is 12.4. The Morgan fingerprint density at radius 2 is 2.06 bits per heavy atom. The van der Waals surface area contributed by atoms with Crippen molar-refractivity contribution in [2.45, 2.75) is 97.7 Å². The molecule has 0 amide bonds. The van der Waals surface area contributed by atoms with Crippen molar-refractivity contribution in [3.05, 3.63) is 39.6 Å². The van der Waals surface area contributed by atoms with Gasteiger partial charge in [0, 0.05) is 25.7 Å². The van der Waals surface area contributed by atoms with Crippen LogP contribution in [0.3, 0.4) is 0 Å². The second kappa shape index (κ2) is 13.2. The third kappa shape index (κ3) is 7.37. The number of rotatable bonds is 12. The van der Waals surface area contributed by atoms with Gasteiger partial charge in [-0.2, -0.15) is 5.10 Å². The maximum Gasteiger partial charge on any atom is 0.345 e. The van der Waals surface area contributed by atoms with Gasteiger partial charge in [0.1, 0.15) is 5.82 Å². The lowest BCUT2D eigenvalue weighted by atomic mass is 9.91. The molecule has 33 heavy (non-hydrogen) atoms. The van der Waals surface area contributed by atoms with Crippen LogP contribution >= 0.6 is 0 Å². The number of aliphatic hydroxyl groups excluding tert-OH is 1. The van der Waals surface area contributed by atoms with Gasteiger partial charge in [0.05, 0.1) is 31.9 Å². The second-order valence-corrected chi connectivity index (χ2v) is 9.30. The largest absolute Gasteiger partial charge is 0.390 e. The normalized spacial score (nSPS) is 23.8. The molecule has 0 bridgehead atoms. The van der Waals surface area contributed by atoms with E-state index in [0.29, 0.717) is 37.6 Å². The lowest BCUT2D eigenvalue weighted by molar-refractivity contribution is -0.0471. The number of allylic oxidation sites excluding steroid dienone is 2. The highest BCUT2D eigenvalue weighted by molar-refractivity contribution is 5.24. The molecule has 1 aromatic heterocycles. The maximum absolute atomic E-state index is 12.4. The van der Waals surface area contributed by atoms with Gasteiger partial charge < -0.3 is 15.2 Å². The van der Waals surface area contributed by atoms with E-state index < -0.39 is 6.10 Å². The van der Waals surface area contributed by atoms with Crippen LogP contribution in [0.15, 0.2) is 28.1 Å². The van der Waals surface area contributed by atoms with Crippen molar-refractivity contribution < 1.29 is 9.84 Å². The van der Waals surface area contributed by atoms with Gasteiger partial charge in [0.2, 0.25) is 0 Å². The third-order valence-electron chi connectivity index (χ3n) is 6.84. The topological polar surface area (TPSA) is 84.6 Å². The third-order valence-corrected chi connectivity index (χ3v) is 6.84. The van der Waals surface area contributed by atoms with Crippen LogP contribution in [-0.4, -0.2) is 68.8 Å². The van der Waals surface area contributed by atoms with Crippen LogP contribution in [0.1, 0.15) is 66.1 Å². The summed E-state index contributed by atoms with van der Waals surface area (Å²) in [6.07, 6.45) is 7.71. The van der Waals surface area contributed by atoms with Crippen LogP contribution in [0.5, 0.6) is 0 Å². The van der Waals surface area contributed by atoms with Gasteiger partial charge in [-0.1, -0.05) is 31.6 Å². The predicted octanol–water partition coefficient (Wildman–Crippen LogP) is 2.61. The Morgan fingerprint density at radius 3 is 2.67 bits per heavy atom. The smallest absolute Gasteiger partial charge is 0.345 e. The van der Waals surface area contributed by atoms with Gasteiger partial charge in [-0.05, 0) is 59.1 Å². The van der Waals surface area contributed by atoms with Crippen LogP contribution in [0.2, 0.25) is 0 Å². The number of aliphatic hydroxyl groups is 1. The zero-order valence-corrected chi connectivity index (χ0v) is 21.7. The van der Waals surface area contributed by atoms with Crippen molar-refractivity contribution in [2.75, 3.05) is 20.2 Å². The average Bonchev–Trinajstić information content (AvgIpc) is 3.05. The van der Waals surface area contributed by atoms with Crippen LogP contribution in [0.4, 0.5) is 0 Å². The summed E-state index contributed by atoms with van der Waals surface area (Å²) in [6, 6.07) is 0.639. The average molecular weight is 464 g/mol. The first kappa shape index (κ1) is 27.5. The highest BCUT2D eigenvalue weighted by Crippen LogP contribution is 2.28. The number of aromatic nitrogens is 3. The lowest BCUT2D eigenvalue weighted by Crippen LogP contribution is -2.53. The molecule has 0 aromatic carbocycles. The minimum absolute atomic E-state index is 0.196. The SMILES string of the molecule is C/C=C\C(COC1CC(C)N(CC(O)Cn2nc(CNC)n(C)c2=O)C(CC)C1)=C(\C)CC. The molecule has 1 saturated heterocycles. The standard InChI is InChI=1S/C25H45N5O3/c1-8-11-20(18(4)9-2)17-33-23-12-19(5)29(21(10-3)13-23)15-22(31)16-30-25(32)28(7)24(27-30)14-26-6/h8,11,19,21-23,26,31H,9-10,12-17H2,1-7H3/b11-8-,20-18+. The molecule has 8 nitrogen and oxygen atoms in total. The van der Waals surface area contributed by atoms with Gasteiger partial charge in [-0.3, -0.25) is 9.47 Å². The van der Waals surface area contributed by atoms with Crippen LogP contribution in [-0.2, 0) is 24.9 Å². The minimum atomic E-state index is -0.662. The Balaban J connectivity index is 1.99. The Labute approximate surface area is 199 Å². The summed E-state index contributed by atoms with van der Waals surface area (Å²) in [5.41, 5.74) is 2.45. The second-order valence-electron chi connectivity index (χ2n) is 9.30. The molecule has 0 spiro atoms. The molecule has 1 fully saturated rings. The Hall–Kier alpha value is -1.74. The molecule has 2 heterocycles. The van der Waals surface area contributed by atoms with Crippen molar-refractivity contribution in [3.63, 3.8) is 0 Å². The number of piperidine rings is 1. The van der Waals surface area contributed by atoms with Gasteiger partial charge in [-0.15, -0.1) is 0 Å². The molecular formula is C25H45N5O3. The molecule has 2 N–H and O–H groups in total. The summed E-state index contributed by atoms with van der Waals surface area (Å²) in [6.45, 7) is 12.7. The molecule has 188 valence electrons. The van der Waals surface area contributed by atoms with Crippen LogP contribution < -0.4 is 11.0 Å². The molecule has 4 unspecified atom stereocenters. The molecule has 1 aromatic rings. The summed E-state index contributed by atoms with van der Waals surface area (Å²) in [5, 5.41) is 18.2. The highest BCUT2D eigenvalue weighted by atomic mass is 16.5. The van der Waals surface area contributed by atoms with Crippen molar-refractivity contribution in [3.8, 4) is 0 Å². The number of nitrogens with zero attached hydrogens (tertiary/aromatic N) is 4. The summed E-state index contributed by atoms with van der Waals surface area (Å²) >= 11 is 0.